The number of furan rings is 1. The molecule has 5 heteroatoms. The standard InChI is InChI=1S/C23H16NO.C8H8O2.Ir/c1-14-12-19-18-9-5-6-15(2)22(18)25-23(19)20(13-14)21-17-8-4-3-7-16(17)10-11-24-21;1-6(9)7-4-2-3-5-8(7)10;/h3-12H,1-2H3;2-5,10H,1H3;/q-1;;. The largest absolute Gasteiger partial charge is 0.507 e. The molecule has 0 aliphatic heterocycles. The van der Waals surface area contributed by atoms with Crippen LogP contribution in [0.4, 0.5) is 0 Å². The summed E-state index contributed by atoms with van der Waals surface area (Å²) in [5.41, 5.74) is 6.26. The SMILES string of the molecule is CC(=O)c1ccccc1O.Cc1[c-]c(-c2nccc3ccccc23)c2oc3c(C)cccc3c2c1.[Ir]. The van der Waals surface area contributed by atoms with Gasteiger partial charge in [0.05, 0.1) is 11.1 Å². The fourth-order valence-corrected chi connectivity index (χ4v) is 4.37. The van der Waals surface area contributed by atoms with E-state index in [0.717, 1.165) is 49.7 Å². The number of pyridine rings is 1. The van der Waals surface area contributed by atoms with E-state index >= 15 is 0 Å². The van der Waals surface area contributed by atoms with Crippen LogP contribution in [0.15, 0.2) is 89.5 Å². The van der Waals surface area contributed by atoms with E-state index in [0.29, 0.717) is 5.56 Å². The van der Waals surface area contributed by atoms with Crippen molar-refractivity contribution in [1.82, 2.24) is 4.98 Å². The smallest absolute Gasteiger partial charge is 0.163 e. The van der Waals surface area contributed by atoms with E-state index < -0.39 is 0 Å². The first-order chi connectivity index (χ1) is 16.9. The molecule has 0 fully saturated rings. The molecule has 0 saturated carbocycles. The number of aryl methyl sites for hydroxylation is 2. The van der Waals surface area contributed by atoms with Crippen molar-refractivity contribution in [3.8, 4) is 17.0 Å². The fraction of sp³-hybridized carbons (Fsp3) is 0.0968. The van der Waals surface area contributed by atoms with Crippen LogP contribution in [0.5, 0.6) is 5.75 Å². The molecule has 0 unspecified atom stereocenters. The van der Waals surface area contributed by atoms with Gasteiger partial charge in [-0.05, 0) is 54.1 Å². The van der Waals surface area contributed by atoms with Crippen LogP contribution < -0.4 is 0 Å². The van der Waals surface area contributed by atoms with Gasteiger partial charge in [0.1, 0.15) is 11.3 Å². The summed E-state index contributed by atoms with van der Waals surface area (Å²) >= 11 is 0. The van der Waals surface area contributed by atoms with Crippen LogP contribution in [0.25, 0.3) is 44.0 Å². The molecule has 6 rings (SSSR count). The Bertz CT molecular complexity index is 1710. The number of para-hydroxylation sites is 2. The quantitative estimate of drug-likeness (QED) is 0.153. The average Bonchev–Trinajstić information content (AvgIpc) is 3.24. The minimum atomic E-state index is -0.113. The third-order valence-electron chi connectivity index (χ3n) is 6.05. The van der Waals surface area contributed by atoms with Crippen molar-refractivity contribution < 1.29 is 34.4 Å². The molecule has 181 valence electrons. The van der Waals surface area contributed by atoms with Gasteiger partial charge in [0.15, 0.2) is 5.78 Å². The summed E-state index contributed by atoms with van der Waals surface area (Å²) in [6.07, 6.45) is 1.85. The number of carbonyl (C=O) groups excluding carboxylic acids is 1. The molecule has 6 aromatic rings. The van der Waals surface area contributed by atoms with Gasteiger partial charge in [0.25, 0.3) is 0 Å². The van der Waals surface area contributed by atoms with Crippen LogP contribution in [0, 0.1) is 19.9 Å². The Labute approximate surface area is 223 Å². The molecule has 0 atom stereocenters. The van der Waals surface area contributed by atoms with Gasteiger partial charge in [-0.1, -0.05) is 72.5 Å². The molecule has 4 nitrogen and oxygen atoms in total. The van der Waals surface area contributed by atoms with Crippen molar-refractivity contribution in [2.24, 2.45) is 0 Å². The van der Waals surface area contributed by atoms with Gasteiger partial charge in [-0.25, -0.2) is 0 Å². The van der Waals surface area contributed by atoms with Gasteiger partial charge in [0, 0.05) is 31.7 Å². The molecular formula is C31H24IrNO3-. The second-order valence-corrected chi connectivity index (χ2v) is 8.58. The Hall–Kier alpha value is -3.79. The first-order valence-corrected chi connectivity index (χ1v) is 11.4. The van der Waals surface area contributed by atoms with E-state index in [-0.39, 0.29) is 31.6 Å². The zero-order chi connectivity index (χ0) is 24.5. The number of hydrogen-bond acceptors (Lipinski definition) is 4. The van der Waals surface area contributed by atoms with Crippen LogP contribution >= 0.6 is 0 Å². The fourth-order valence-electron chi connectivity index (χ4n) is 4.37. The first-order valence-electron chi connectivity index (χ1n) is 11.4. The van der Waals surface area contributed by atoms with E-state index in [2.05, 4.69) is 61.3 Å². The van der Waals surface area contributed by atoms with Gasteiger partial charge in [-0.2, -0.15) is 0 Å². The molecule has 0 aliphatic carbocycles. The number of hydrogen-bond donors (Lipinski definition) is 1. The van der Waals surface area contributed by atoms with Crippen molar-refractivity contribution >= 4 is 38.5 Å². The number of aromatic hydroxyl groups is 1. The minimum Gasteiger partial charge on any atom is -0.507 e. The summed E-state index contributed by atoms with van der Waals surface area (Å²) < 4.78 is 6.30. The van der Waals surface area contributed by atoms with Crippen molar-refractivity contribution in [2.45, 2.75) is 20.8 Å². The molecule has 36 heavy (non-hydrogen) atoms. The van der Waals surface area contributed by atoms with Gasteiger partial charge in [-0.15, -0.1) is 17.7 Å². The molecule has 1 radical (unpaired) electrons. The molecule has 2 heterocycles. The van der Waals surface area contributed by atoms with Crippen LogP contribution in [-0.2, 0) is 20.1 Å². The Morgan fingerprint density at radius 2 is 1.58 bits per heavy atom. The van der Waals surface area contributed by atoms with Crippen LogP contribution in [0.3, 0.4) is 0 Å². The molecule has 0 saturated heterocycles. The summed E-state index contributed by atoms with van der Waals surface area (Å²) in [4.78, 5) is 15.4. The minimum absolute atomic E-state index is 0. The van der Waals surface area contributed by atoms with Crippen molar-refractivity contribution in [3.05, 3.63) is 108 Å². The Morgan fingerprint density at radius 1 is 0.861 bits per heavy atom. The number of phenols is 1. The second-order valence-electron chi connectivity index (χ2n) is 8.58. The normalized spacial score (nSPS) is 10.6. The number of rotatable bonds is 2. The van der Waals surface area contributed by atoms with Gasteiger partial charge in [0.2, 0.25) is 0 Å². The summed E-state index contributed by atoms with van der Waals surface area (Å²) in [5, 5.41) is 13.6. The molecule has 1 N–H and O–H groups in total. The molecule has 0 spiro atoms. The molecule has 0 amide bonds. The van der Waals surface area contributed by atoms with Crippen LogP contribution in [0.2, 0.25) is 0 Å². The van der Waals surface area contributed by atoms with E-state index in [9.17, 15) is 4.79 Å². The van der Waals surface area contributed by atoms with Gasteiger partial charge in [-0.3, -0.25) is 4.79 Å². The summed E-state index contributed by atoms with van der Waals surface area (Å²) in [6.45, 7) is 5.58. The van der Waals surface area contributed by atoms with Crippen molar-refractivity contribution in [1.29, 1.82) is 0 Å². The predicted molar refractivity (Wildman–Crippen MR) is 141 cm³/mol. The molecular weight excluding hydrogens is 627 g/mol. The maximum atomic E-state index is 10.7. The molecule has 0 bridgehead atoms. The van der Waals surface area contributed by atoms with Crippen molar-refractivity contribution in [2.75, 3.05) is 0 Å². The Kier molecular flexibility index (Phi) is 7.35. The zero-order valence-corrected chi connectivity index (χ0v) is 22.5. The summed E-state index contributed by atoms with van der Waals surface area (Å²) in [6, 6.07) is 28.7. The van der Waals surface area contributed by atoms with E-state index in [1.807, 2.05) is 24.4 Å². The molecule has 4 aromatic carbocycles. The van der Waals surface area contributed by atoms with E-state index in [4.69, 9.17) is 9.52 Å². The molecule has 2 aromatic heterocycles. The maximum absolute atomic E-state index is 10.7. The molecule has 0 aliphatic rings. The Morgan fingerprint density at radius 3 is 2.33 bits per heavy atom. The van der Waals surface area contributed by atoms with Gasteiger partial charge >= 0.3 is 0 Å². The number of phenolic OH excluding ortho intramolecular Hbond substituents is 1. The average molecular weight is 651 g/mol. The number of nitrogens with zero attached hydrogens (tertiary/aromatic N) is 1. The zero-order valence-electron chi connectivity index (χ0n) is 20.1. The second kappa shape index (κ2) is 10.4. The third kappa shape index (κ3) is 4.68. The monoisotopic (exact) mass is 651 g/mol. The topological polar surface area (TPSA) is 63.3 Å². The van der Waals surface area contributed by atoms with Crippen LogP contribution in [0.1, 0.15) is 28.4 Å². The Balaban J connectivity index is 0.000000236. The van der Waals surface area contributed by atoms with Crippen LogP contribution in [-0.4, -0.2) is 15.9 Å². The third-order valence-corrected chi connectivity index (χ3v) is 6.05. The number of aromatic nitrogens is 1. The predicted octanol–water partition coefficient (Wildman–Crippen LogP) is 7.81. The number of benzene rings is 4. The number of ketones is 1. The number of carbonyl (C=O) groups is 1. The van der Waals surface area contributed by atoms with Gasteiger partial charge < -0.3 is 14.5 Å². The van der Waals surface area contributed by atoms with E-state index in [1.165, 1.54) is 18.4 Å². The number of fused-ring (bicyclic) bond motifs is 4. The summed E-state index contributed by atoms with van der Waals surface area (Å²) in [5.74, 6) is -0.0619. The number of Topliss-reactive ketones (excluding diaryl/α,β-unsaturated/α-hetero) is 1. The van der Waals surface area contributed by atoms with Crippen molar-refractivity contribution in [3.63, 3.8) is 0 Å². The summed E-state index contributed by atoms with van der Waals surface area (Å²) in [7, 11) is 0. The van der Waals surface area contributed by atoms with E-state index in [1.54, 1.807) is 18.2 Å². The first kappa shape index (κ1) is 25.3. The maximum Gasteiger partial charge on any atom is 0.163 e.